The van der Waals surface area contributed by atoms with Gasteiger partial charge in [0.15, 0.2) is 0 Å². The molecular weight excluding hydrogens is 502 g/mol. The second kappa shape index (κ2) is 10.4. The number of ether oxygens (including phenoxy) is 1. The third-order valence-electron chi connectivity index (χ3n) is 6.66. The van der Waals surface area contributed by atoms with Crippen molar-refractivity contribution in [2.24, 2.45) is 11.3 Å². The number of amides is 2. The molecule has 0 aromatic heterocycles. The van der Waals surface area contributed by atoms with Crippen molar-refractivity contribution in [3.05, 3.63) is 58.7 Å². The van der Waals surface area contributed by atoms with Crippen molar-refractivity contribution < 1.29 is 40.7 Å². The van der Waals surface area contributed by atoms with E-state index >= 15 is 0 Å². The van der Waals surface area contributed by atoms with Crippen molar-refractivity contribution in [3.8, 4) is 0 Å². The van der Waals surface area contributed by atoms with Crippen LogP contribution in [0.25, 0.3) is 0 Å². The molecule has 0 spiro atoms. The fourth-order valence-corrected chi connectivity index (χ4v) is 4.51. The zero-order chi connectivity index (χ0) is 27.8. The largest absolute Gasteiger partial charge is 0.416 e. The Bertz CT molecular complexity index is 1140. The number of anilines is 2. The Kier molecular flexibility index (Phi) is 7.97. The van der Waals surface area contributed by atoms with Gasteiger partial charge in [-0.3, -0.25) is 9.59 Å². The van der Waals surface area contributed by atoms with Gasteiger partial charge in [-0.15, -0.1) is 0 Å². The van der Waals surface area contributed by atoms with E-state index in [0.717, 1.165) is 11.1 Å². The fourth-order valence-electron chi connectivity index (χ4n) is 4.51. The summed E-state index contributed by atoms with van der Waals surface area (Å²) in [6.45, 7) is 7.56. The molecule has 2 aromatic carbocycles. The molecule has 202 valence electrons. The van der Waals surface area contributed by atoms with Crippen LogP contribution in [-0.2, 0) is 33.3 Å². The normalized spacial score (nSPS) is 18.6. The van der Waals surface area contributed by atoms with Gasteiger partial charge in [0.2, 0.25) is 11.8 Å². The zero-order valence-electron chi connectivity index (χ0n) is 20.8. The van der Waals surface area contributed by atoms with Crippen molar-refractivity contribution in [1.29, 1.82) is 0 Å². The molecule has 1 aliphatic rings. The van der Waals surface area contributed by atoms with Gasteiger partial charge in [-0.1, -0.05) is 32.0 Å². The molecule has 1 aliphatic heterocycles. The first-order valence-corrected chi connectivity index (χ1v) is 11.7. The topological polar surface area (TPSA) is 58.6 Å². The molecule has 2 amide bonds. The number of alkyl halides is 6. The number of rotatable bonds is 7. The summed E-state index contributed by atoms with van der Waals surface area (Å²) >= 11 is 0. The Balaban J connectivity index is 2.00. The molecule has 0 bridgehead atoms. The Morgan fingerprint density at radius 2 is 1.68 bits per heavy atom. The van der Waals surface area contributed by atoms with E-state index < -0.39 is 46.4 Å². The Hall–Kier alpha value is -3.08. The highest BCUT2D eigenvalue weighted by Crippen LogP contribution is 2.44. The van der Waals surface area contributed by atoms with Gasteiger partial charge < -0.3 is 15.0 Å². The molecule has 11 heteroatoms. The molecule has 37 heavy (non-hydrogen) atoms. The highest BCUT2D eigenvalue weighted by Gasteiger charge is 2.52. The molecule has 1 N–H and O–H groups in total. The van der Waals surface area contributed by atoms with Gasteiger partial charge in [0.25, 0.3) is 0 Å². The van der Waals surface area contributed by atoms with E-state index in [1.165, 1.54) is 4.90 Å². The highest BCUT2D eigenvalue weighted by molar-refractivity contribution is 6.06. The van der Waals surface area contributed by atoms with E-state index in [0.29, 0.717) is 24.4 Å². The molecule has 5 nitrogen and oxygen atoms in total. The minimum Gasteiger partial charge on any atom is -0.377 e. The van der Waals surface area contributed by atoms with Crippen molar-refractivity contribution in [2.75, 3.05) is 23.4 Å². The fraction of sp³-hybridized carbons (Fsp3) is 0.462. The minimum absolute atomic E-state index is 0.00716. The van der Waals surface area contributed by atoms with Crippen molar-refractivity contribution in [1.82, 2.24) is 0 Å². The molecule has 1 saturated heterocycles. The number of nitrogens with one attached hydrogen (secondary N) is 1. The van der Waals surface area contributed by atoms with Crippen LogP contribution in [-0.4, -0.2) is 25.0 Å². The minimum atomic E-state index is -5.06. The van der Waals surface area contributed by atoms with Crippen molar-refractivity contribution in [2.45, 2.75) is 53.1 Å². The van der Waals surface area contributed by atoms with E-state index in [2.05, 4.69) is 5.32 Å². The lowest BCUT2D eigenvalue weighted by Gasteiger charge is -2.32. The van der Waals surface area contributed by atoms with Crippen LogP contribution >= 0.6 is 0 Å². The maximum atomic E-state index is 13.5. The summed E-state index contributed by atoms with van der Waals surface area (Å²) in [7, 11) is 0. The Labute approximate surface area is 210 Å². The third kappa shape index (κ3) is 5.92. The van der Waals surface area contributed by atoms with Crippen LogP contribution in [0.2, 0.25) is 0 Å². The molecule has 1 fully saturated rings. The molecule has 1 atom stereocenters. The van der Waals surface area contributed by atoms with E-state index in [1.807, 2.05) is 13.0 Å². The number of carbonyl (C=O) groups excluding carboxylic acids is 2. The second-order valence-corrected chi connectivity index (χ2v) is 9.44. The standard InChI is InChI=1S/C26H28F6N2O3/c1-5-37-13-17-8-6-7-16(4)22(17)34-14-24(15(2)3,12-21(34)35)23(36)33-20-10-18(25(27,28)29)9-19(11-20)26(30,31)32/h6-11,15H,5,12-14H2,1-4H3,(H,33,36). The summed E-state index contributed by atoms with van der Waals surface area (Å²) in [5.41, 5.74) is -3.06. The van der Waals surface area contributed by atoms with Crippen LogP contribution in [0.3, 0.4) is 0 Å². The van der Waals surface area contributed by atoms with Crippen LogP contribution < -0.4 is 10.2 Å². The summed E-state index contributed by atoms with van der Waals surface area (Å²) in [5.74, 6) is -1.67. The predicted octanol–water partition coefficient (Wildman–Crippen LogP) is 6.59. The molecule has 1 unspecified atom stereocenters. The van der Waals surface area contributed by atoms with Crippen LogP contribution in [0.4, 0.5) is 37.7 Å². The quantitative estimate of drug-likeness (QED) is 0.411. The van der Waals surface area contributed by atoms with Gasteiger partial charge >= 0.3 is 12.4 Å². The first kappa shape index (κ1) is 28.5. The zero-order valence-corrected chi connectivity index (χ0v) is 20.8. The molecule has 0 aliphatic carbocycles. The number of hydrogen-bond acceptors (Lipinski definition) is 3. The second-order valence-electron chi connectivity index (χ2n) is 9.44. The summed E-state index contributed by atoms with van der Waals surface area (Å²) < 4.78 is 85.3. The lowest BCUT2D eigenvalue weighted by atomic mass is 9.75. The molecule has 0 saturated carbocycles. The number of nitrogens with zero attached hydrogens (tertiary/aromatic N) is 1. The van der Waals surface area contributed by atoms with Crippen LogP contribution in [0.1, 0.15) is 49.4 Å². The maximum absolute atomic E-state index is 13.5. The molecule has 0 radical (unpaired) electrons. The van der Waals surface area contributed by atoms with Crippen LogP contribution in [0, 0.1) is 18.3 Å². The summed E-state index contributed by atoms with van der Waals surface area (Å²) in [5, 5.41) is 2.24. The SMILES string of the molecule is CCOCc1cccc(C)c1N1CC(C(=O)Nc2cc(C(F)(F)F)cc(C(F)(F)F)c2)(C(C)C)CC1=O. The monoisotopic (exact) mass is 530 g/mol. The lowest BCUT2D eigenvalue weighted by Crippen LogP contribution is -2.43. The lowest BCUT2D eigenvalue weighted by molar-refractivity contribution is -0.143. The number of carbonyl (C=O) groups is 2. The van der Waals surface area contributed by atoms with Gasteiger partial charge in [-0.2, -0.15) is 26.3 Å². The summed E-state index contributed by atoms with van der Waals surface area (Å²) in [6.07, 6.45) is -10.4. The van der Waals surface area contributed by atoms with Crippen molar-refractivity contribution in [3.63, 3.8) is 0 Å². The number of hydrogen-bond donors (Lipinski definition) is 1. The predicted molar refractivity (Wildman–Crippen MR) is 126 cm³/mol. The van der Waals surface area contributed by atoms with E-state index in [9.17, 15) is 35.9 Å². The summed E-state index contributed by atoms with van der Waals surface area (Å²) in [6, 6.07) is 6.31. The number of halogens is 6. The van der Waals surface area contributed by atoms with Gasteiger partial charge in [0, 0.05) is 30.8 Å². The van der Waals surface area contributed by atoms with Crippen LogP contribution in [0.15, 0.2) is 36.4 Å². The van der Waals surface area contributed by atoms with Gasteiger partial charge in [0.1, 0.15) is 0 Å². The van der Waals surface area contributed by atoms with E-state index in [4.69, 9.17) is 4.74 Å². The molecule has 2 aromatic rings. The number of para-hydroxylation sites is 1. The van der Waals surface area contributed by atoms with Crippen molar-refractivity contribution >= 4 is 23.2 Å². The van der Waals surface area contributed by atoms with E-state index in [-0.39, 0.29) is 31.5 Å². The molecule has 3 rings (SSSR count). The Morgan fingerprint density at radius 3 is 2.19 bits per heavy atom. The Morgan fingerprint density at radius 1 is 1.08 bits per heavy atom. The van der Waals surface area contributed by atoms with Crippen LogP contribution in [0.5, 0.6) is 0 Å². The first-order chi connectivity index (χ1) is 17.1. The van der Waals surface area contributed by atoms with Gasteiger partial charge in [-0.25, -0.2) is 0 Å². The average molecular weight is 531 g/mol. The first-order valence-electron chi connectivity index (χ1n) is 11.7. The number of benzene rings is 2. The maximum Gasteiger partial charge on any atom is 0.416 e. The average Bonchev–Trinajstić information content (AvgIpc) is 3.14. The van der Waals surface area contributed by atoms with Gasteiger partial charge in [0.05, 0.1) is 28.8 Å². The number of aryl methyl sites for hydroxylation is 1. The van der Waals surface area contributed by atoms with E-state index in [1.54, 1.807) is 32.9 Å². The smallest absolute Gasteiger partial charge is 0.377 e. The molecular formula is C26H28F6N2O3. The highest BCUT2D eigenvalue weighted by atomic mass is 19.4. The summed E-state index contributed by atoms with van der Waals surface area (Å²) in [4.78, 5) is 28.2. The molecule has 1 heterocycles. The third-order valence-corrected chi connectivity index (χ3v) is 6.66. The van der Waals surface area contributed by atoms with Gasteiger partial charge in [-0.05, 0) is 43.5 Å².